The standard InChI is InChI=1S/C19H19ClN2O2/c1-12-7-8-16(13(2)9-12)21-19(24)14-10-18(23)22(11-14)17-6-4-3-5-15(17)20/h3-9,14H,10-11H2,1-2H3,(H,21,24)/t14-/m0/s1. The van der Waals surface area contributed by atoms with Crippen molar-refractivity contribution in [2.24, 2.45) is 5.92 Å². The van der Waals surface area contributed by atoms with E-state index >= 15 is 0 Å². The number of hydrogen-bond donors (Lipinski definition) is 1. The van der Waals surface area contributed by atoms with Gasteiger partial charge in [0, 0.05) is 18.7 Å². The molecule has 0 aromatic heterocycles. The van der Waals surface area contributed by atoms with E-state index in [1.54, 1.807) is 17.0 Å². The predicted molar refractivity (Wildman–Crippen MR) is 96.5 cm³/mol. The van der Waals surface area contributed by atoms with Crippen molar-refractivity contribution in [3.8, 4) is 0 Å². The van der Waals surface area contributed by atoms with E-state index in [-0.39, 0.29) is 24.2 Å². The van der Waals surface area contributed by atoms with Gasteiger partial charge in [-0.15, -0.1) is 0 Å². The SMILES string of the molecule is Cc1ccc(NC(=O)[C@H]2CC(=O)N(c3ccccc3Cl)C2)c(C)c1. The highest BCUT2D eigenvalue weighted by atomic mass is 35.5. The van der Waals surface area contributed by atoms with Crippen molar-refractivity contribution in [3.05, 3.63) is 58.6 Å². The van der Waals surface area contributed by atoms with Gasteiger partial charge in [0.25, 0.3) is 0 Å². The maximum absolute atomic E-state index is 12.5. The van der Waals surface area contributed by atoms with Crippen LogP contribution < -0.4 is 10.2 Å². The molecule has 24 heavy (non-hydrogen) atoms. The Hall–Kier alpha value is -2.33. The fraction of sp³-hybridized carbons (Fsp3) is 0.263. The summed E-state index contributed by atoms with van der Waals surface area (Å²) in [6.45, 7) is 4.31. The van der Waals surface area contributed by atoms with Crippen LogP contribution >= 0.6 is 11.6 Å². The smallest absolute Gasteiger partial charge is 0.229 e. The Kier molecular flexibility index (Phi) is 4.58. The van der Waals surface area contributed by atoms with Gasteiger partial charge in [-0.25, -0.2) is 0 Å². The third kappa shape index (κ3) is 3.29. The Labute approximate surface area is 146 Å². The van der Waals surface area contributed by atoms with Crippen LogP contribution in [0.5, 0.6) is 0 Å². The summed E-state index contributed by atoms with van der Waals surface area (Å²) < 4.78 is 0. The molecule has 0 radical (unpaired) electrons. The molecule has 1 atom stereocenters. The molecule has 1 aliphatic rings. The summed E-state index contributed by atoms with van der Waals surface area (Å²) in [6, 6.07) is 13.1. The molecule has 124 valence electrons. The van der Waals surface area contributed by atoms with Gasteiger partial charge in [-0.1, -0.05) is 41.4 Å². The highest BCUT2D eigenvalue weighted by Gasteiger charge is 2.35. The largest absolute Gasteiger partial charge is 0.326 e. The van der Waals surface area contributed by atoms with Crippen LogP contribution in [-0.4, -0.2) is 18.4 Å². The molecule has 2 aromatic carbocycles. The van der Waals surface area contributed by atoms with Gasteiger partial charge in [0.15, 0.2) is 0 Å². The van der Waals surface area contributed by atoms with Crippen LogP contribution in [-0.2, 0) is 9.59 Å². The molecule has 0 spiro atoms. The van der Waals surface area contributed by atoms with E-state index in [9.17, 15) is 9.59 Å². The highest BCUT2D eigenvalue weighted by Crippen LogP contribution is 2.31. The summed E-state index contributed by atoms with van der Waals surface area (Å²) in [5.74, 6) is -0.594. The maximum atomic E-state index is 12.5. The number of para-hydroxylation sites is 1. The summed E-state index contributed by atoms with van der Waals surface area (Å²) in [5, 5.41) is 3.45. The lowest BCUT2D eigenvalue weighted by Gasteiger charge is -2.18. The molecule has 0 unspecified atom stereocenters. The normalized spacial score (nSPS) is 17.2. The van der Waals surface area contributed by atoms with E-state index in [0.29, 0.717) is 17.3 Å². The third-order valence-corrected chi connectivity index (χ3v) is 4.60. The molecule has 1 aliphatic heterocycles. The number of hydrogen-bond acceptors (Lipinski definition) is 2. The molecule has 2 amide bonds. The minimum absolute atomic E-state index is 0.0797. The molecule has 3 rings (SSSR count). The van der Waals surface area contributed by atoms with Crippen LogP contribution in [0.4, 0.5) is 11.4 Å². The fourth-order valence-corrected chi connectivity index (χ4v) is 3.21. The molecule has 0 bridgehead atoms. The number of benzene rings is 2. The topological polar surface area (TPSA) is 49.4 Å². The van der Waals surface area contributed by atoms with Gasteiger partial charge in [-0.2, -0.15) is 0 Å². The molecule has 4 nitrogen and oxygen atoms in total. The van der Waals surface area contributed by atoms with E-state index in [4.69, 9.17) is 11.6 Å². The number of nitrogens with one attached hydrogen (secondary N) is 1. The van der Waals surface area contributed by atoms with Crippen LogP contribution in [0.2, 0.25) is 5.02 Å². The number of rotatable bonds is 3. The molecule has 1 heterocycles. The minimum atomic E-state index is -0.380. The molecule has 5 heteroatoms. The van der Waals surface area contributed by atoms with Gasteiger partial charge in [0.1, 0.15) is 0 Å². The Balaban J connectivity index is 1.73. The maximum Gasteiger partial charge on any atom is 0.229 e. The van der Waals surface area contributed by atoms with Gasteiger partial charge in [-0.3, -0.25) is 9.59 Å². The van der Waals surface area contributed by atoms with Gasteiger partial charge in [-0.05, 0) is 37.6 Å². The number of amides is 2. The van der Waals surface area contributed by atoms with Crippen molar-refractivity contribution in [3.63, 3.8) is 0 Å². The van der Waals surface area contributed by atoms with Crippen molar-refractivity contribution in [2.75, 3.05) is 16.8 Å². The van der Waals surface area contributed by atoms with E-state index in [2.05, 4.69) is 5.32 Å². The monoisotopic (exact) mass is 342 g/mol. The van der Waals surface area contributed by atoms with E-state index in [0.717, 1.165) is 16.8 Å². The molecule has 1 saturated heterocycles. The molecular formula is C19H19ClN2O2. The fourth-order valence-electron chi connectivity index (χ4n) is 2.98. The molecule has 0 saturated carbocycles. The number of carbonyl (C=O) groups is 2. The van der Waals surface area contributed by atoms with Crippen molar-refractivity contribution < 1.29 is 9.59 Å². The second-order valence-electron chi connectivity index (χ2n) is 6.16. The zero-order valence-electron chi connectivity index (χ0n) is 13.7. The average Bonchev–Trinajstić information content (AvgIpc) is 2.92. The van der Waals surface area contributed by atoms with Crippen LogP contribution in [0.15, 0.2) is 42.5 Å². The first-order valence-electron chi connectivity index (χ1n) is 7.88. The number of carbonyl (C=O) groups excluding carboxylic acids is 2. The number of anilines is 2. The molecule has 1 fully saturated rings. The minimum Gasteiger partial charge on any atom is -0.326 e. The van der Waals surface area contributed by atoms with Gasteiger partial charge >= 0.3 is 0 Å². The Morgan fingerprint density at radius 1 is 1.21 bits per heavy atom. The van der Waals surface area contributed by atoms with Gasteiger partial charge in [0.05, 0.1) is 16.6 Å². The molecule has 0 aliphatic carbocycles. The summed E-state index contributed by atoms with van der Waals surface area (Å²) in [4.78, 5) is 26.4. The second-order valence-corrected chi connectivity index (χ2v) is 6.57. The number of halogens is 1. The summed E-state index contributed by atoms with van der Waals surface area (Å²) in [7, 11) is 0. The third-order valence-electron chi connectivity index (χ3n) is 4.28. The van der Waals surface area contributed by atoms with E-state index in [1.165, 1.54) is 0 Å². The number of nitrogens with zero attached hydrogens (tertiary/aromatic N) is 1. The molecule has 2 aromatic rings. The lowest BCUT2D eigenvalue weighted by Crippen LogP contribution is -2.28. The van der Waals surface area contributed by atoms with Crippen LogP contribution in [0, 0.1) is 19.8 Å². The summed E-state index contributed by atoms with van der Waals surface area (Å²) >= 11 is 6.17. The highest BCUT2D eigenvalue weighted by molar-refractivity contribution is 6.33. The Bertz CT molecular complexity index is 804. The Morgan fingerprint density at radius 3 is 2.67 bits per heavy atom. The average molecular weight is 343 g/mol. The first kappa shape index (κ1) is 16.5. The molecule has 1 N–H and O–H groups in total. The zero-order chi connectivity index (χ0) is 17.3. The predicted octanol–water partition coefficient (Wildman–Crippen LogP) is 3.95. The second kappa shape index (κ2) is 6.65. The van der Waals surface area contributed by atoms with Gasteiger partial charge in [0.2, 0.25) is 11.8 Å². The van der Waals surface area contributed by atoms with Crippen molar-refractivity contribution in [1.29, 1.82) is 0 Å². The van der Waals surface area contributed by atoms with Crippen LogP contribution in [0.25, 0.3) is 0 Å². The van der Waals surface area contributed by atoms with Gasteiger partial charge < -0.3 is 10.2 Å². The summed E-state index contributed by atoms with van der Waals surface area (Å²) in [6.07, 6.45) is 0.196. The first-order chi connectivity index (χ1) is 11.5. The van der Waals surface area contributed by atoms with E-state index in [1.807, 2.05) is 44.2 Å². The van der Waals surface area contributed by atoms with Crippen molar-refractivity contribution in [1.82, 2.24) is 0 Å². The lowest BCUT2D eigenvalue weighted by molar-refractivity contribution is -0.122. The lowest BCUT2D eigenvalue weighted by atomic mass is 10.1. The quantitative estimate of drug-likeness (QED) is 0.918. The van der Waals surface area contributed by atoms with E-state index < -0.39 is 0 Å². The summed E-state index contributed by atoms with van der Waals surface area (Å²) in [5.41, 5.74) is 3.60. The Morgan fingerprint density at radius 2 is 1.96 bits per heavy atom. The van der Waals surface area contributed by atoms with Crippen LogP contribution in [0.1, 0.15) is 17.5 Å². The van der Waals surface area contributed by atoms with Crippen LogP contribution in [0.3, 0.4) is 0 Å². The van der Waals surface area contributed by atoms with Crippen molar-refractivity contribution in [2.45, 2.75) is 20.3 Å². The van der Waals surface area contributed by atoms with Crippen molar-refractivity contribution >= 4 is 34.8 Å². The zero-order valence-corrected chi connectivity index (χ0v) is 14.4. The first-order valence-corrected chi connectivity index (χ1v) is 8.26. The molecular weight excluding hydrogens is 324 g/mol. The number of aryl methyl sites for hydroxylation is 2.